The van der Waals surface area contributed by atoms with E-state index < -0.39 is 5.97 Å². The van der Waals surface area contributed by atoms with Crippen LogP contribution >= 0.6 is 11.6 Å². The summed E-state index contributed by atoms with van der Waals surface area (Å²) in [6.07, 6.45) is 1.71. The SMILES string of the molecule is COC(=O)c1ccc(-c2nc(N)nc(C)c2C#Cc2ccc(C)nc2)cc1Cl. The Morgan fingerprint density at radius 3 is 2.57 bits per heavy atom. The molecule has 140 valence electrons. The number of carbonyl (C=O) groups excluding carboxylic acids is 1. The topological polar surface area (TPSA) is 91.0 Å². The van der Waals surface area contributed by atoms with Crippen LogP contribution in [0.3, 0.4) is 0 Å². The van der Waals surface area contributed by atoms with E-state index in [-0.39, 0.29) is 16.5 Å². The van der Waals surface area contributed by atoms with E-state index in [9.17, 15) is 4.79 Å². The highest BCUT2D eigenvalue weighted by Crippen LogP contribution is 2.28. The van der Waals surface area contributed by atoms with E-state index in [0.717, 1.165) is 11.3 Å². The van der Waals surface area contributed by atoms with Crippen LogP contribution in [0.25, 0.3) is 11.3 Å². The fraction of sp³-hybridized carbons (Fsp3) is 0.143. The van der Waals surface area contributed by atoms with Gasteiger partial charge in [0.05, 0.1) is 34.6 Å². The Bertz CT molecular complexity index is 1120. The second-order valence-electron chi connectivity index (χ2n) is 6.02. The fourth-order valence-corrected chi connectivity index (χ4v) is 2.83. The van der Waals surface area contributed by atoms with Crippen LogP contribution in [0.4, 0.5) is 5.95 Å². The summed E-state index contributed by atoms with van der Waals surface area (Å²) in [6, 6.07) is 8.72. The van der Waals surface area contributed by atoms with Gasteiger partial charge in [-0.1, -0.05) is 29.5 Å². The molecular weight excluding hydrogens is 376 g/mol. The van der Waals surface area contributed by atoms with Crippen LogP contribution in [0.5, 0.6) is 0 Å². The minimum atomic E-state index is -0.512. The quantitative estimate of drug-likeness (QED) is 0.529. The van der Waals surface area contributed by atoms with Crippen molar-refractivity contribution in [3.63, 3.8) is 0 Å². The number of ether oxygens (including phenoxy) is 1. The number of hydrogen-bond acceptors (Lipinski definition) is 6. The third-order valence-corrected chi connectivity index (χ3v) is 4.31. The Morgan fingerprint density at radius 1 is 1.14 bits per heavy atom. The predicted octanol–water partition coefficient (Wildman–Crippen LogP) is 3.58. The van der Waals surface area contributed by atoms with Crippen molar-refractivity contribution >= 4 is 23.5 Å². The normalized spacial score (nSPS) is 10.1. The lowest BCUT2D eigenvalue weighted by Gasteiger charge is -2.10. The van der Waals surface area contributed by atoms with E-state index >= 15 is 0 Å². The Balaban J connectivity index is 2.11. The number of methoxy groups -OCH3 is 1. The third kappa shape index (κ3) is 4.11. The first kappa shape index (κ1) is 19.3. The lowest BCUT2D eigenvalue weighted by atomic mass is 10.0. The number of nitrogen functional groups attached to an aromatic ring is 1. The van der Waals surface area contributed by atoms with Crippen molar-refractivity contribution in [3.05, 3.63) is 69.6 Å². The van der Waals surface area contributed by atoms with Crippen molar-refractivity contribution in [1.29, 1.82) is 0 Å². The number of anilines is 1. The molecule has 0 atom stereocenters. The third-order valence-electron chi connectivity index (χ3n) is 4.00. The number of esters is 1. The van der Waals surface area contributed by atoms with Crippen LogP contribution in [0.1, 0.15) is 32.9 Å². The van der Waals surface area contributed by atoms with E-state index in [2.05, 4.69) is 26.8 Å². The molecule has 1 aromatic carbocycles. The van der Waals surface area contributed by atoms with Gasteiger partial charge in [-0.2, -0.15) is 0 Å². The van der Waals surface area contributed by atoms with Gasteiger partial charge < -0.3 is 10.5 Å². The molecule has 28 heavy (non-hydrogen) atoms. The number of carbonyl (C=O) groups is 1. The van der Waals surface area contributed by atoms with Crippen molar-refractivity contribution in [2.75, 3.05) is 12.8 Å². The summed E-state index contributed by atoms with van der Waals surface area (Å²) in [5.74, 6) is 5.79. The summed E-state index contributed by atoms with van der Waals surface area (Å²) in [7, 11) is 1.30. The average Bonchev–Trinajstić information content (AvgIpc) is 2.67. The summed E-state index contributed by atoms with van der Waals surface area (Å²) < 4.78 is 4.72. The first-order chi connectivity index (χ1) is 13.4. The standard InChI is InChI=1S/C21H17ClN4O2/c1-12-4-5-14(11-24-12)6-8-16-13(2)25-21(23)26-19(16)15-7-9-17(18(22)10-15)20(27)28-3/h4-5,7,9-11H,1-3H3,(H2,23,25,26). The highest BCUT2D eigenvalue weighted by atomic mass is 35.5. The van der Waals surface area contributed by atoms with Gasteiger partial charge >= 0.3 is 5.97 Å². The Morgan fingerprint density at radius 2 is 1.93 bits per heavy atom. The maximum Gasteiger partial charge on any atom is 0.339 e. The summed E-state index contributed by atoms with van der Waals surface area (Å²) in [4.78, 5) is 24.5. The molecule has 2 aromatic heterocycles. The van der Waals surface area contributed by atoms with Gasteiger partial charge in [0.25, 0.3) is 0 Å². The molecule has 7 heteroatoms. The lowest BCUT2D eigenvalue weighted by molar-refractivity contribution is 0.0601. The Kier molecular flexibility index (Phi) is 5.57. The van der Waals surface area contributed by atoms with Crippen LogP contribution in [-0.4, -0.2) is 28.0 Å². The number of halogens is 1. The summed E-state index contributed by atoms with van der Waals surface area (Å²) >= 11 is 6.25. The molecule has 2 heterocycles. The number of aryl methyl sites for hydroxylation is 2. The van der Waals surface area contributed by atoms with Gasteiger partial charge in [0.2, 0.25) is 5.95 Å². The Labute approximate surface area is 167 Å². The summed E-state index contributed by atoms with van der Waals surface area (Å²) in [5.41, 5.74) is 10.3. The Hall–Kier alpha value is -3.43. The second kappa shape index (κ2) is 8.07. The number of nitrogens with two attached hydrogens (primary N) is 1. The van der Waals surface area contributed by atoms with Crippen molar-refractivity contribution in [2.24, 2.45) is 0 Å². The smallest absolute Gasteiger partial charge is 0.339 e. The highest BCUT2D eigenvalue weighted by Gasteiger charge is 2.15. The second-order valence-corrected chi connectivity index (χ2v) is 6.42. The zero-order valence-electron chi connectivity index (χ0n) is 15.6. The number of aromatic nitrogens is 3. The van der Waals surface area contributed by atoms with Gasteiger partial charge in [-0.05, 0) is 38.1 Å². The molecule has 0 saturated heterocycles. The van der Waals surface area contributed by atoms with E-state index in [1.54, 1.807) is 24.4 Å². The van der Waals surface area contributed by atoms with Gasteiger partial charge in [-0.3, -0.25) is 4.98 Å². The minimum Gasteiger partial charge on any atom is -0.465 e. The molecule has 0 radical (unpaired) electrons. The monoisotopic (exact) mass is 392 g/mol. The lowest BCUT2D eigenvalue weighted by Crippen LogP contribution is -2.04. The molecule has 3 rings (SSSR count). The molecule has 6 nitrogen and oxygen atoms in total. The molecule has 0 spiro atoms. The van der Waals surface area contributed by atoms with Crippen molar-refractivity contribution < 1.29 is 9.53 Å². The molecule has 2 N–H and O–H groups in total. The van der Waals surface area contributed by atoms with Gasteiger partial charge in [-0.25, -0.2) is 14.8 Å². The maximum atomic E-state index is 11.8. The first-order valence-corrected chi connectivity index (χ1v) is 8.74. The molecular formula is C21H17ClN4O2. The molecule has 0 unspecified atom stereocenters. The van der Waals surface area contributed by atoms with Crippen molar-refractivity contribution in [1.82, 2.24) is 15.0 Å². The van der Waals surface area contributed by atoms with Crippen LogP contribution in [0.15, 0.2) is 36.5 Å². The summed E-state index contributed by atoms with van der Waals surface area (Å²) in [6.45, 7) is 3.72. The van der Waals surface area contributed by atoms with Gasteiger partial charge in [0, 0.05) is 23.0 Å². The van der Waals surface area contributed by atoms with Crippen LogP contribution in [0, 0.1) is 25.7 Å². The van der Waals surface area contributed by atoms with E-state index in [0.29, 0.717) is 22.5 Å². The zero-order chi connectivity index (χ0) is 20.3. The molecule has 0 fully saturated rings. The van der Waals surface area contributed by atoms with Crippen molar-refractivity contribution in [2.45, 2.75) is 13.8 Å². The number of rotatable bonds is 2. The van der Waals surface area contributed by atoms with Crippen LogP contribution < -0.4 is 5.73 Å². The molecule has 0 bridgehead atoms. The molecule has 0 amide bonds. The molecule has 0 aliphatic carbocycles. The largest absolute Gasteiger partial charge is 0.465 e. The van der Waals surface area contributed by atoms with E-state index in [1.165, 1.54) is 7.11 Å². The minimum absolute atomic E-state index is 0.128. The fourth-order valence-electron chi connectivity index (χ4n) is 2.57. The molecule has 0 aliphatic rings. The number of hydrogen-bond donors (Lipinski definition) is 1. The zero-order valence-corrected chi connectivity index (χ0v) is 16.3. The van der Waals surface area contributed by atoms with E-state index in [4.69, 9.17) is 22.1 Å². The van der Waals surface area contributed by atoms with Crippen LogP contribution in [0.2, 0.25) is 5.02 Å². The maximum absolute atomic E-state index is 11.8. The van der Waals surface area contributed by atoms with Crippen LogP contribution in [-0.2, 0) is 4.74 Å². The predicted molar refractivity (Wildman–Crippen MR) is 108 cm³/mol. The number of benzene rings is 1. The van der Waals surface area contributed by atoms with Gasteiger partial charge in [0.1, 0.15) is 0 Å². The van der Waals surface area contributed by atoms with Gasteiger partial charge in [0.15, 0.2) is 0 Å². The highest BCUT2D eigenvalue weighted by molar-refractivity contribution is 6.33. The molecule has 0 aliphatic heterocycles. The average molecular weight is 393 g/mol. The molecule has 3 aromatic rings. The van der Waals surface area contributed by atoms with E-state index in [1.807, 2.05) is 26.0 Å². The first-order valence-electron chi connectivity index (χ1n) is 8.36. The number of pyridine rings is 1. The number of nitrogens with zero attached hydrogens (tertiary/aromatic N) is 3. The summed E-state index contributed by atoms with van der Waals surface area (Å²) in [5, 5.41) is 0.251. The van der Waals surface area contributed by atoms with Crippen molar-refractivity contribution in [3.8, 4) is 23.1 Å². The molecule has 0 saturated carbocycles. The van der Waals surface area contributed by atoms with Gasteiger partial charge in [-0.15, -0.1) is 0 Å².